The minimum Gasteiger partial charge on any atom is -0.354 e. The molecule has 4 N–H and O–H groups in total. The first-order chi connectivity index (χ1) is 8.72. The SMILES string of the molecule is CC(CN)C(=O)NCC1NCCc2ccccc21. The molecule has 1 aromatic rings. The van der Waals surface area contributed by atoms with Gasteiger partial charge in [-0.15, -0.1) is 0 Å². The Hall–Kier alpha value is -1.39. The first-order valence-electron chi connectivity index (χ1n) is 6.51. The van der Waals surface area contributed by atoms with Gasteiger partial charge in [-0.2, -0.15) is 0 Å². The van der Waals surface area contributed by atoms with Gasteiger partial charge in [0.1, 0.15) is 0 Å². The van der Waals surface area contributed by atoms with Gasteiger partial charge in [-0.1, -0.05) is 31.2 Å². The number of hydrogen-bond donors (Lipinski definition) is 3. The van der Waals surface area contributed by atoms with Gasteiger partial charge >= 0.3 is 0 Å². The largest absolute Gasteiger partial charge is 0.354 e. The molecule has 0 saturated heterocycles. The highest BCUT2D eigenvalue weighted by atomic mass is 16.1. The molecule has 0 bridgehead atoms. The Morgan fingerprint density at radius 1 is 1.56 bits per heavy atom. The third kappa shape index (κ3) is 2.89. The van der Waals surface area contributed by atoms with Gasteiger partial charge in [-0.25, -0.2) is 0 Å². The summed E-state index contributed by atoms with van der Waals surface area (Å²) in [6.07, 6.45) is 1.06. The predicted octanol–water partition coefficient (Wildman–Crippen LogP) is 0.584. The molecule has 1 amide bonds. The lowest BCUT2D eigenvalue weighted by atomic mass is 9.94. The molecule has 1 aliphatic heterocycles. The van der Waals surface area contributed by atoms with Crippen LogP contribution >= 0.6 is 0 Å². The van der Waals surface area contributed by atoms with E-state index >= 15 is 0 Å². The van der Waals surface area contributed by atoms with Gasteiger partial charge in [0, 0.05) is 25.0 Å². The Morgan fingerprint density at radius 2 is 2.33 bits per heavy atom. The van der Waals surface area contributed by atoms with Crippen LogP contribution in [0.25, 0.3) is 0 Å². The van der Waals surface area contributed by atoms with Crippen molar-refractivity contribution in [3.8, 4) is 0 Å². The Kier molecular flexibility index (Phi) is 4.33. The summed E-state index contributed by atoms with van der Waals surface area (Å²) in [5.74, 6) is -0.0915. The van der Waals surface area contributed by atoms with Crippen molar-refractivity contribution in [1.82, 2.24) is 10.6 Å². The van der Waals surface area contributed by atoms with Gasteiger partial charge in [0.25, 0.3) is 0 Å². The standard InChI is InChI=1S/C14H21N3O/c1-10(8-15)14(18)17-9-13-12-5-3-2-4-11(12)6-7-16-13/h2-5,10,13,16H,6-9,15H2,1H3,(H,17,18). The first kappa shape index (κ1) is 13.1. The summed E-state index contributed by atoms with van der Waals surface area (Å²) >= 11 is 0. The molecule has 1 aliphatic rings. The van der Waals surface area contributed by atoms with Crippen molar-refractivity contribution < 1.29 is 4.79 Å². The number of rotatable bonds is 4. The van der Waals surface area contributed by atoms with Crippen molar-refractivity contribution in [3.05, 3.63) is 35.4 Å². The molecule has 0 radical (unpaired) electrons. The molecule has 1 aromatic carbocycles. The van der Waals surface area contributed by atoms with Crippen LogP contribution in [0.3, 0.4) is 0 Å². The Morgan fingerprint density at radius 3 is 3.11 bits per heavy atom. The van der Waals surface area contributed by atoms with Gasteiger partial charge in [0.15, 0.2) is 0 Å². The van der Waals surface area contributed by atoms with Crippen LogP contribution in [-0.2, 0) is 11.2 Å². The highest BCUT2D eigenvalue weighted by molar-refractivity contribution is 5.78. The number of nitrogens with two attached hydrogens (primary N) is 1. The van der Waals surface area contributed by atoms with Gasteiger partial charge in [0.2, 0.25) is 5.91 Å². The summed E-state index contributed by atoms with van der Waals surface area (Å²) in [5, 5.41) is 6.40. The zero-order valence-corrected chi connectivity index (χ0v) is 10.8. The molecule has 2 rings (SSSR count). The summed E-state index contributed by atoms with van der Waals surface area (Å²) < 4.78 is 0. The quantitative estimate of drug-likeness (QED) is 0.729. The molecule has 98 valence electrons. The van der Waals surface area contributed by atoms with Gasteiger partial charge in [-0.3, -0.25) is 4.79 Å². The Balaban J connectivity index is 1.97. The molecular formula is C14H21N3O. The van der Waals surface area contributed by atoms with E-state index in [0.717, 1.165) is 13.0 Å². The van der Waals surface area contributed by atoms with E-state index in [2.05, 4.69) is 28.8 Å². The topological polar surface area (TPSA) is 67.2 Å². The lowest BCUT2D eigenvalue weighted by Gasteiger charge is -2.27. The fraction of sp³-hybridized carbons (Fsp3) is 0.500. The monoisotopic (exact) mass is 247 g/mol. The lowest BCUT2D eigenvalue weighted by Crippen LogP contribution is -2.41. The van der Waals surface area contributed by atoms with Crippen molar-refractivity contribution in [2.45, 2.75) is 19.4 Å². The zero-order chi connectivity index (χ0) is 13.0. The van der Waals surface area contributed by atoms with E-state index in [9.17, 15) is 4.79 Å². The number of benzene rings is 1. The highest BCUT2D eigenvalue weighted by Crippen LogP contribution is 2.21. The molecule has 1 heterocycles. The number of fused-ring (bicyclic) bond motifs is 1. The van der Waals surface area contributed by atoms with E-state index in [1.807, 2.05) is 13.0 Å². The fourth-order valence-corrected chi connectivity index (χ4v) is 2.26. The molecule has 0 saturated carbocycles. The average Bonchev–Trinajstić information content (AvgIpc) is 2.43. The van der Waals surface area contributed by atoms with Gasteiger partial charge in [-0.05, 0) is 24.1 Å². The van der Waals surface area contributed by atoms with E-state index in [-0.39, 0.29) is 17.9 Å². The van der Waals surface area contributed by atoms with Crippen molar-refractivity contribution in [3.63, 3.8) is 0 Å². The van der Waals surface area contributed by atoms with E-state index in [1.165, 1.54) is 11.1 Å². The molecule has 0 aliphatic carbocycles. The number of carbonyl (C=O) groups is 1. The Bertz CT molecular complexity index is 419. The van der Waals surface area contributed by atoms with Crippen LogP contribution in [0.4, 0.5) is 0 Å². The first-order valence-corrected chi connectivity index (χ1v) is 6.51. The van der Waals surface area contributed by atoms with E-state index in [4.69, 9.17) is 5.73 Å². The van der Waals surface area contributed by atoms with Gasteiger partial charge in [0.05, 0.1) is 0 Å². The second kappa shape index (κ2) is 5.98. The number of hydrogen-bond acceptors (Lipinski definition) is 3. The molecular weight excluding hydrogens is 226 g/mol. The van der Waals surface area contributed by atoms with Crippen LogP contribution < -0.4 is 16.4 Å². The summed E-state index contributed by atoms with van der Waals surface area (Å²) in [4.78, 5) is 11.7. The van der Waals surface area contributed by atoms with Crippen molar-refractivity contribution in [2.75, 3.05) is 19.6 Å². The summed E-state index contributed by atoms with van der Waals surface area (Å²) in [7, 11) is 0. The van der Waals surface area contributed by atoms with Crippen molar-refractivity contribution in [1.29, 1.82) is 0 Å². The van der Waals surface area contributed by atoms with E-state index in [1.54, 1.807) is 0 Å². The van der Waals surface area contributed by atoms with Crippen molar-refractivity contribution >= 4 is 5.91 Å². The molecule has 18 heavy (non-hydrogen) atoms. The van der Waals surface area contributed by atoms with Crippen LogP contribution in [0.5, 0.6) is 0 Å². The predicted molar refractivity (Wildman–Crippen MR) is 72.1 cm³/mol. The lowest BCUT2D eigenvalue weighted by molar-refractivity contribution is -0.124. The van der Waals surface area contributed by atoms with Crippen LogP contribution in [0, 0.1) is 5.92 Å². The van der Waals surface area contributed by atoms with Crippen LogP contribution in [0.1, 0.15) is 24.1 Å². The minimum atomic E-state index is -0.121. The molecule has 0 spiro atoms. The fourth-order valence-electron chi connectivity index (χ4n) is 2.26. The smallest absolute Gasteiger partial charge is 0.224 e. The maximum atomic E-state index is 11.7. The normalized spacial score (nSPS) is 20.0. The van der Waals surface area contributed by atoms with E-state index in [0.29, 0.717) is 13.1 Å². The third-order valence-electron chi connectivity index (χ3n) is 3.50. The van der Waals surface area contributed by atoms with Gasteiger partial charge < -0.3 is 16.4 Å². The van der Waals surface area contributed by atoms with Crippen molar-refractivity contribution in [2.24, 2.45) is 11.7 Å². The molecule has 4 nitrogen and oxygen atoms in total. The van der Waals surface area contributed by atoms with Crippen LogP contribution in [-0.4, -0.2) is 25.5 Å². The molecule has 2 atom stereocenters. The average molecular weight is 247 g/mol. The maximum Gasteiger partial charge on any atom is 0.224 e. The van der Waals surface area contributed by atoms with E-state index < -0.39 is 0 Å². The van der Waals surface area contributed by atoms with Crippen LogP contribution in [0.15, 0.2) is 24.3 Å². The zero-order valence-electron chi connectivity index (χ0n) is 10.8. The number of carbonyl (C=O) groups excluding carboxylic acids is 1. The third-order valence-corrected chi connectivity index (χ3v) is 3.50. The molecule has 0 aromatic heterocycles. The molecule has 4 heteroatoms. The second-order valence-electron chi connectivity index (χ2n) is 4.84. The maximum absolute atomic E-state index is 11.7. The summed E-state index contributed by atoms with van der Waals surface area (Å²) in [6, 6.07) is 8.61. The molecule has 2 unspecified atom stereocenters. The summed E-state index contributed by atoms with van der Waals surface area (Å²) in [6.45, 7) is 3.82. The second-order valence-corrected chi connectivity index (χ2v) is 4.84. The minimum absolute atomic E-state index is 0.0300. The van der Waals surface area contributed by atoms with Crippen LogP contribution in [0.2, 0.25) is 0 Å². The highest BCUT2D eigenvalue weighted by Gasteiger charge is 2.20. The number of nitrogens with one attached hydrogen (secondary N) is 2. The number of amides is 1. The Labute approximate surface area is 108 Å². The molecule has 0 fully saturated rings. The summed E-state index contributed by atoms with van der Waals surface area (Å²) in [5.41, 5.74) is 8.15.